The maximum absolute atomic E-state index is 12.4. The maximum Gasteiger partial charge on any atom is 0.261 e. The van der Waals surface area contributed by atoms with Crippen LogP contribution in [0.4, 0.5) is 0 Å². The van der Waals surface area contributed by atoms with Crippen LogP contribution in [0.15, 0.2) is 53.6 Å². The highest BCUT2D eigenvalue weighted by Gasteiger charge is 2.06. The Labute approximate surface area is 132 Å². The fraction of sp³-hybridized carbons (Fsp3) is 0.176. The van der Waals surface area contributed by atoms with Gasteiger partial charge in [0.25, 0.3) is 5.56 Å². The summed E-state index contributed by atoms with van der Waals surface area (Å²) >= 11 is 6.06. The van der Waals surface area contributed by atoms with Crippen molar-refractivity contribution in [3.05, 3.63) is 69.7 Å². The van der Waals surface area contributed by atoms with Crippen LogP contribution >= 0.6 is 11.6 Å². The van der Waals surface area contributed by atoms with Crippen molar-refractivity contribution in [3.63, 3.8) is 0 Å². The predicted molar refractivity (Wildman–Crippen MR) is 87.7 cm³/mol. The number of aryl methyl sites for hydroxylation is 2. The Hall–Kier alpha value is -2.33. The van der Waals surface area contributed by atoms with Gasteiger partial charge in [-0.1, -0.05) is 29.8 Å². The Balaban J connectivity index is 1.84. The molecule has 22 heavy (non-hydrogen) atoms. The number of hydrogen-bond acceptors (Lipinski definition) is 3. The van der Waals surface area contributed by atoms with Crippen molar-refractivity contribution in [2.24, 2.45) is 0 Å². The van der Waals surface area contributed by atoms with E-state index in [0.717, 1.165) is 17.7 Å². The quantitative estimate of drug-likeness (QED) is 0.742. The zero-order valence-corrected chi connectivity index (χ0v) is 12.9. The number of ether oxygens (including phenoxy) is 1. The van der Waals surface area contributed by atoms with E-state index in [1.165, 1.54) is 0 Å². The summed E-state index contributed by atoms with van der Waals surface area (Å²) in [6.45, 7) is 0.570. The van der Waals surface area contributed by atoms with Crippen LogP contribution in [0.3, 0.4) is 0 Å². The third-order valence-corrected chi connectivity index (χ3v) is 3.91. The standard InChI is InChI=1S/C17H15ClN2O2/c1-22-13-7-5-12(6-8-13)9-10-20-11-19-16-14(17(20)21)3-2-4-15(16)18/h2-8,11H,9-10H2,1H3. The first kappa shape index (κ1) is 14.6. The molecule has 0 aliphatic heterocycles. The van der Waals surface area contributed by atoms with Gasteiger partial charge in [0, 0.05) is 6.54 Å². The molecule has 0 saturated heterocycles. The average molecular weight is 315 g/mol. The molecule has 3 aromatic rings. The van der Waals surface area contributed by atoms with Crippen molar-refractivity contribution in [1.82, 2.24) is 9.55 Å². The number of para-hydroxylation sites is 1. The van der Waals surface area contributed by atoms with E-state index in [-0.39, 0.29) is 5.56 Å². The second kappa shape index (κ2) is 6.20. The molecule has 4 nitrogen and oxygen atoms in total. The van der Waals surface area contributed by atoms with Crippen LogP contribution in [0.1, 0.15) is 5.56 Å². The van der Waals surface area contributed by atoms with E-state index >= 15 is 0 Å². The van der Waals surface area contributed by atoms with Gasteiger partial charge in [0.1, 0.15) is 5.75 Å². The van der Waals surface area contributed by atoms with Crippen LogP contribution in [0.5, 0.6) is 5.75 Å². The van der Waals surface area contributed by atoms with Crippen molar-refractivity contribution >= 4 is 22.5 Å². The molecule has 0 spiro atoms. The maximum atomic E-state index is 12.4. The lowest BCUT2D eigenvalue weighted by molar-refractivity contribution is 0.414. The Bertz CT molecular complexity index is 857. The van der Waals surface area contributed by atoms with Crippen LogP contribution < -0.4 is 10.3 Å². The van der Waals surface area contributed by atoms with Gasteiger partial charge in [0.05, 0.1) is 29.4 Å². The molecule has 0 N–H and O–H groups in total. The van der Waals surface area contributed by atoms with Gasteiger partial charge < -0.3 is 4.74 Å². The summed E-state index contributed by atoms with van der Waals surface area (Å²) in [5, 5.41) is 1.04. The van der Waals surface area contributed by atoms with E-state index in [0.29, 0.717) is 22.5 Å². The highest BCUT2D eigenvalue weighted by molar-refractivity contribution is 6.34. The Morgan fingerprint density at radius 3 is 2.68 bits per heavy atom. The van der Waals surface area contributed by atoms with Gasteiger partial charge in [0.2, 0.25) is 0 Å². The van der Waals surface area contributed by atoms with Crippen molar-refractivity contribution in [1.29, 1.82) is 0 Å². The molecule has 0 unspecified atom stereocenters. The molecule has 2 aromatic carbocycles. The summed E-state index contributed by atoms with van der Waals surface area (Å²) in [7, 11) is 1.64. The van der Waals surface area contributed by atoms with Gasteiger partial charge in [-0.15, -0.1) is 0 Å². The van der Waals surface area contributed by atoms with Crippen LogP contribution in [-0.2, 0) is 13.0 Å². The van der Waals surface area contributed by atoms with Crippen LogP contribution in [0.2, 0.25) is 5.02 Å². The number of aromatic nitrogens is 2. The van der Waals surface area contributed by atoms with Crippen LogP contribution in [-0.4, -0.2) is 16.7 Å². The smallest absolute Gasteiger partial charge is 0.261 e. The van der Waals surface area contributed by atoms with Crippen LogP contribution in [0, 0.1) is 0 Å². The lowest BCUT2D eigenvalue weighted by Gasteiger charge is -2.08. The van der Waals surface area contributed by atoms with Crippen LogP contribution in [0.25, 0.3) is 10.9 Å². The molecule has 0 radical (unpaired) electrons. The van der Waals surface area contributed by atoms with Crippen molar-refractivity contribution in [2.75, 3.05) is 7.11 Å². The molecule has 112 valence electrons. The summed E-state index contributed by atoms with van der Waals surface area (Å²) in [5.41, 5.74) is 1.62. The molecule has 5 heteroatoms. The van der Waals surface area contributed by atoms with Gasteiger partial charge in [-0.2, -0.15) is 0 Å². The summed E-state index contributed by atoms with van der Waals surface area (Å²) < 4.78 is 6.75. The molecule has 3 rings (SSSR count). The van der Waals surface area contributed by atoms with E-state index < -0.39 is 0 Å². The second-order valence-electron chi connectivity index (χ2n) is 4.98. The van der Waals surface area contributed by atoms with Gasteiger partial charge in [-0.25, -0.2) is 4.98 Å². The highest BCUT2D eigenvalue weighted by atomic mass is 35.5. The third kappa shape index (κ3) is 2.83. The van der Waals surface area contributed by atoms with E-state index in [4.69, 9.17) is 16.3 Å². The number of hydrogen-bond donors (Lipinski definition) is 0. The number of benzene rings is 2. The summed E-state index contributed by atoms with van der Waals surface area (Å²) in [5.74, 6) is 0.822. The summed E-state index contributed by atoms with van der Waals surface area (Å²) in [6, 6.07) is 13.1. The third-order valence-electron chi connectivity index (χ3n) is 3.60. The predicted octanol–water partition coefficient (Wildman–Crippen LogP) is 3.30. The Kier molecular flexibility index (Phi) is 4.11. The lowest BCUT2D eigenvalue weighted by Crippen LogP contribution is -2.21. The van der Waals surface area contributed by atoms with Gasteiger partial charge >= 0.3 is 0 Å². The molecule has 0 aliphatic rings. The fourth-order valence-electron chi connectivity index (χ4n) is 2.35. The minimum atomic E-state index is -0.0685. The van der Waals surface area contributed by atoms with Gasteiger partial charge in [-0.05, 0) is 36.2 Å². The van der Waals surface area contributed by atoms with E-state index in [2.05, 4.69) is 4.98 Å². The summed E-state index contributed by atoms with van der Waals surface area (Å²) in [4.78, 5) is 16.7. The van der Waals surface area contributed by atoms with Gasteiger partial charge in [-0.3, -0.25) is 9.36 Å². The van der Waals surface area contributed by atoms with Crippen molar-refractivity contribution < 1.29 is 4.74 Å². The molecular weight excluding hydrogens is 300 g/mol. The SMILES string of the molecule is COc1ccc(CCn2cnc3c(Cl)cccc3c2=O)cc1. The van der Waals surface area contributed by atoms with E-state index in [9.17, 15) is 4.79 Å². The molecule has 0 bridgehead atoms. The van der Waals surface area contributed by atoms with E-state index in [1.807, 2.05) is 24.3 Å². The normalized spacial score (nSPS) is 10.8. The van der Waals surface area contributed by atoms with Crippen molar-refractivity contribution in [2.45, 2.75) is 13.0 Å². The Morgan fingerprint density at radius 1 is 1.18 bits per heavy atom. The zero-order chi connectivity index (χ0) is 15.5. The number of halogens is 1. The number of methoxy groups -OCH3 is 1. The first-order valence-electron chi connectivity index (χ1n) is 6.95. The molecular formula is C17H15ClN2O2. The fourth-order valence-corrected chi connectivity index (χ4v) is 2.58. The summed E-state index contributed by atoms with van der Waals surface area (Å²) in [6.07, 6.45) is 2.30. The number of nitrogens with zero attached hydrogens (tertiary/aromatic N) is 2. The molecule has 1 aromatic heterocycles. The highest BCUT2D eigenvalue weighted by Crippen LogP contribution is 2.18. The first-order valence-corrected chi connectivity index (χ1v) is 7.33. The molecule has 0 saturated carbocycles. The van der Waals surface area contributed by atoms with Crippen molar-refractivity contribution in [3.8, 4) is 5.75 Å². The molecule has 0 atom stereocenters. The second-order valence-corrected chi connectivity index (χ2v) is 5.38. The van der Waals surface area contributed by atoms with Gasteiger partial charge in [0.15, 0.2) is 0 Å². The molecule has 0 aliphatic carbocycles. The minimum Gasteiger partial charge on any atom is -0.497 e. The minimum absolute atomic E-state index is 0.0685. The van der Waals surface area contributed by atoms with E-state index in [1.54, 1.807) is 36.2 Å². The largest absolute Gasteiger partial charge is 0.497 e. The molecule has 0 fully saturated rings. The molecule has 1 heterocycles. The topological polar surface area (TPSA) is 44.1 Å². The zero-order valence-electron chi connectivity index (χ0n) is 12.1. The number of rotatable bonds is 4. The Morgan fingerprint density at radius 2 is 1.95 bits per heavy atom. The first-order chi connectivity index (χ1) is 10.7. The monoisotopic (exact) mass is 314 g/mol. The average Bonchev–Trinajstić information content (AvgIpc) is 2.55. The molecule has 0 amide bonds. The lowest BCUT2D eigenvalue weighted by atomic mass is 10.1. The number of fused-ring (bicyclic) bond motifs is 1.